The molecule has 1 amide bonds. The van der Waals surface area contributed by atoms with Crippen LogP contribution in [0.2, 0.25) is 0 Å². The van der Waals surface area contributed by atoms with E-state index >= 15 is 0 Å². The van der Waals surface area contributed by atoms with Gasteiger partial charge in [0.2, 0.25) is 0 Å². The number of methoxy groups -OCH3 is 1. The van der Waals surface area contributed by atoms with E-state index in [1.54, 1.807) is 79.9 Å². The average molecular weight is 503 g/mol. The van der Waals surface area contributed by atoms with Gasteiger partial charge in [0.05, 0.1) is 7.11 Å². The Labute approximate surface area is 210 Å². The Balaban J connectivity index is 1.67. The Kier molecular flexibility index (Phi) is 8.27. The number of rotatable bonds is 10. The van der Waals surface area contributed by atoms with Gasteiger partial charge in [-0.1, -0.05) is 78.9 Å². The first-order chi connectivity index (χ1) is 17.6. The van der Waals surface area contributed by atoms with Gasteiger partial charge in [-0.2, -0.15) is 0 Å². The molecule has 0 aliphatic heterocycles. The van der Waals surface area contributed by atoms with Crippen molar-refractivity contribution in [2.45, 2.75) is 12.4 Å². The van der Waals surface area contributed by atoms with Crippen LogP contribution in [0.15, 0.2) is 115 Å². The van der Waals surface area contributed by atoms with E-state index < -0.39 is 19.5 Å². The fraction of sp³-hybridized carbons (Fsp3) is 0.107. The third-order valence-corrected chi connectivity index (χ3v) is 7.16. The summed E-state index contributed by atoms with van der Waals surface area (Å²) in [5, 5.41) is 2.71. The summed E-state index contributed by atoms with van der Waals surface area (Å²) >= 11 is 0. The SMILES string of the molecule is COc1ccc(C(NC(=O)OCc2ccccc2)P(=O)(Oc2ccccc2)Oc2ccccc2)cc1. The molecule has 0 saturated carbocycles. The molecule has 0 radical (unpaired) electrons. The standard InChI is InChI=1S/C28H26NO6P/c1-32-24-19-17-23(18-20-24)27(29-28(30)33-21-22-11-5-2-6-12-22)36(31,34-25-13-7-3-8-14-25)35-26-15-9-4-10-16-26/h2-20,27H,21H2,1H3,(H,29,30). The number of nitrogens with one attached hydrogen (secondary N) is 1. The first kappa shape index (κ1) is 24.9. The van der Waals surface area contributed by atoms with Crippen LogP contribution in [0.25, 0.3) is 0 Å². The monoisotopic (exact) mass is 503 g/mol. The normalized spacial score (nSPS) is 11.7. The van der Waals surface area contributed by atoms with Crippen LogP contribution in [-0.4, -0.2) is 13.2 Å². The number of amides is 1. The van der Waals surface area contributed by atoms with Gasteiger partial charge in [0.1, 0.15) is 23.9 Å². The number of alkyl carbamates (subject to hydrolysis) is 1. The minimum Gasteiger partial charge on any atom is -0.497 e. The first-order valence-electron chi connectivity index (χ1n) is 11.3. The molecule has 0 aliphatic carbocycles. The quantitative estimate of drug-likeness (QED) is 0.235. The van der Waals surface area contributed by atoms with Crippen molar-refractivity contribution in [2.75, 3.05) is 7.11 Å². The highest BCUT2D eigenvalue weighted by Crippen LogP contribution is 2.59. The molecule has 0 bridgehead atoms. The zero-order valence-electron chi connectivity index (χ0n) is 19.7. The molecule has 0 aliphatic rings. The summed E-state index contributed by atoms with van der Waals surface area (Å²) in [6, 6.07) is 33.4. The molecule has 0 aromatic heterocycles. The summed E-state index contributed by atoms with van der Waals surface area (Å²) in [7, 11) is -2.57. The molecular weight excluding hydrogens is 477 g/mol. The fourth-order valence-corrected chi connectivity index (χ4v) is 5.27. The van der Waals surface area contributed by atoms with Gasteiger partial charge in [0, 0.05) is 0 Å². The van der Waals surface area contributed by atoms with Crippen LogP contribution in [0.4, 0.5) is 4.79 Å². The molecule has 0 spiro atoms. The molecule has 4 aromatic carbocycles. The summed E-state index contributed by atoms with van der Waals surface area (Å²) in [6.07, 6.45) is -0.770. The molecular formula is C28H26NO6P. The van der Waals surface area contributed by atoms with Crippen molar-refractivity contribution in [2.24, 2.45) is 0 Å². The number of benzene rings is 4. The van der Waals surface area contributed by atoms with Gasteiger partial charge in [-0.25, -0.2) is 9.36 Å². The van der Waals surface area contributed by atoms with Gasteiger partial charge in [0.15, 0.2) is 5.78 Å². The van der Waals surface area contributed by atoms with Crippen molar-refractivity contribution in [3.8, 4) is 17.2 Å². The van der Waals surface area contributed by atoms with E-state index in [1.165, 1.54) is 0 Å². The van der Waals surface area contributed by atoms with E-state index in [0.717, 1.165) is 5.56 Å². The number of para-hydroxylation sites is 2. The third-order valence-electron chi connectivity index (χ3n) is 5.17. The lowest BCUT2D eigenvalue weighted by molar-refractivity contribution is 0.137. The lowest BCUT2D eigenvalue weighted by Gasteiger charge is -2.28. The minimum atomic E-state index is -4.12. The largest absolute Gasteiger partial charge is 0.497 e. The van der Waals surface area contributed by atoms with E-state index in [0.29, 0.717) is 22.8 Å². The molecule has 0 fully saturated rings. The molecule has 7 nitrogen and oxygen atoms in total. The molecule has 1 unspecified atom stereocenters. The summed E-state index contributed by atoms with van der Waals surface area (Å²) in [6.45, 7) is 0.0470. The predicted octanol–water partition coefficient (Wildman–Crippen LogP) is 6.97. The molecule has 0 saturated heterocycles. The topological polar surface area (TPSA) is 83.1 Å². The van der Waals surface area contributed by atoms with E-state index in [1.807, 2.05) is 42.5 Å². The van der Waals surface area contributed by atoms with Crippen LogP contribution in [-0.2, 0) is 15.9 Å². The fourth-order valence-electron chi connectivity index (χ4n) is 3.39. The maximum atomic E-state index is 14.5. The van der Waals surface area contributed by atoms with Crippen molar-refractivity contribution in [3.63, 3.8) is 0 Å². The molecule has 0 heterocycles. The van der Waals surface area contributed by atoms with Crippen molar-refractivity contribution >= 4 is 13.7 Å². The van der Waals surface area contributed by atoms with E-state index in [-0.39, 0.29) is 6.61 Å². The Morgan fingerprint density at radius 1 is 0.722 bits per heavy atom. The molecule has 36 heavy (non-hydrogen) atoms. The summed E-state index contributed by atoms with van der Waals surface area (Å²) < 4.78 is 37.1. The Morgan fingerprint density at radius 3 is 1.72 bits per heavy atom. The van der Waals surface area contributed by atoms with Crippen LogP contribution in [0.1, 0.15) is 16.9 Å². The van der Waals surface area contributed by atoms with Gasteiger partial charge >= 0.3 is 13.7 Å². The number of carbonyl (C=O) groups is 1. The molecule has 4 rings (SSSR count). The highest BCUT2D eigenvalue weighted by atomic mass is 31.2. The van der Waals surface area contributed by atoms with E-state index in [4.69, 9.17) is 18.5 Å². The van der Waals surface area contributed by atoms with Crippen molar-refractivity contribution in [1.82, 2.24) is 5.32 Å². The molecule has 8 heteroatoms. The second-order valence-electron chi connectivity index (χ2n) is 7.73. The number of carbonyl (C=O) groups excluding carboxylic acids is 1. The summed E-state index contributed by atoms with van der Waals surface area (Å²) in [4.78, 5) is 12.9. The Hall–Kier alpha value is -4.22. The summed E-state index contributed by atoms with van der Waals surface area (Å²) in [5.41, 5.74) is 1.31. The first-order valence-corrected chi connectivity index (χ1v) is 12.9. The van der Waals surface area contributed by atoms with Crippen molar-refractivity contribution in [1.29, 1.82) is 0 Å². The number of ether oxygens (including phenoxy) is 2. The van der Waals surface area contributed by atoms with Gasteiger partial charge < -0.3 is 23.8 Å². The third kappa shape index (κ3) is 6.68. The second-order valence-corrected chi connectivity index (χ2v) is 9.69. The maximum Gasteiger partial charge on any atom is 0.457 e. The van der Waals surface area contributed by atoms with Crippen LogP contribution < -0.4 is 19.1 Å². The van der Waals surface area contributed by atoms with E-state index in [9.17, 15) is 9.36 Å². The maximum absolute atomic E-state index is 14.5. The lowest BCUT2D eigenvalue weighted by atomic mass is 10.2. The molecule has 184 valence electrons. The van der Waals surface area contributed by atoms with Gasteiger partial charge in [-0.15, -0.1) is 0 Å². The molecule has 4 aromatic rings. The van der Waals surface area contributed by atoms with Gasteiger partial charge in [-0.3, -0.25) is 0 Å². The zero-order valence-corrected chi connectivity index (χ0v) is 20.5. The van der Waals surface area contributed by atoms with Crippen LogP contribution in [0, 0.1) is 0 Å². The predicted molar refractivity (Wildman–Crippen MR) is 137 cm³/mol. The second kappa shape index (κ2) is 12.0. The van der Waals surface area contributed by atoms with Crippen molar-refractivity contribution < 1.29 is 27.9 Å². The lowest BCUT2D eigenvalue weighted by Crippen LogP contribution is -2.31. The van der Waals surface area contributed by atoms with Crippen LogP contribution in [0.5, 0.6) is 17.2 Å². The van der Waals surface area contributed by atoms with E-state index in [2.05, 4.69) is 5.32 Å². The summed E-state index contributed by atoms with van der Waals surface area (Å²) in [5.74, 6) is 0.0727. The highest BCUT2D eigenvalue weighted by Gasteiger charge is 2.42. The minimum absolute atomic E-state index is 0.0470. The average Bonchev–Trinajstić information content (AvgIpc) is 2.92. The Morgan fingerprint density at radius 2 is 1.22 bits per heavy atom. The van der Waals surface area contributed by atoms with Crippen LogP contribution in [0.3, 0.4) is 0 Å². The molecule has 1 atom stereocenters. The van der Waals surface area contributed by atoms with Crippen LogP contribution >= 0.6 is 7.60 Å². The highest BCUT2D eigenvalue weighted by molar-refractivity contribution is 7.55. The van der Waals surface area contributed by atoms with Gasteiger partial charge in [-0.05, 0) is 47.5 Å². The number of hydrogen-bond donors (Lipinski definition) is 1. The molecule has 1 N–H and O–H groups in total. The Bertz CT molecular complexity index is 1240. The number of hydrogen-bond acceptors (Lipinski definition) is 6. The zero-order chi connectivity index (χ0) is 25.2. The van der Waals surface area contributed by atoms with Crippen molar-refractivity contribution in [3.05, 3.63) is 126 Å². The smallest absolute Gasteiger partial charge is 0.457 e. The van der Waals surface area contributed by atoms with Gasteiger partial charge in [0.25, 0.3) is 0 Å².